The molecule has 0 bridgehead atoms. The van der Waals surface area contributed by atoms with Crippen LogP contribution in [0.5, 0.6) is 5.88 Å². The van der Waals surface area contributed by atoms with E-state index in [0.717, 1.165) is 12.3 Å². The fraction of sp³-hybridized carbons (Fsp3) is 0.286. The van der Waals surface area contributed by atoms with E-state index in [1.54, 1.807) is 0 Å². The van der Waals surface area contributed by atoms with E-state index >= 15 is 0 Å². The first-order valence-corrected chi connectivity index (χ1v) is 3.16. The third-order valence-corrected chi connectivity index (χ3v) is 1.20. The molecule has 66 valence electrons. The van der Waals surface area contributed by atoms with Crippen LogP contribution in [0.4, 0.5) is 13.2 Å². The molecule has 12 heavy (non-hydrogen) atoms. The molecule has 5 heteroatoms. The highest BCUT2D eigenvalue weighted by Crippen LogP contribution is 2.16. The molecule has 1 heterocycles. The average Bonchev–Trinajstić information content (AvgIpc) is 1.94. The summed E-state index contributed by atoms with van der Waals surface area (Å²) in [4.78, 5) is 3.34. The monoisotopic (exact) mass is 177 g/mol. The van der Waals surface area contributed by atoms with E-state index in [9.17, 15) is 13.2 Å². The van der Waals surface area contributed by atoms with Crippen molar-refractivity contribution < 1.29 is 17.9 Å². The molecule has 0 aliphatic carbocycles. The molecule has 0 amide bonds. The van der Waals surface area contributed by atoms with Gasteiger partial charge in [0.1, 0.15) is 5.82 Å². The zero-order chi connectivity index (χ0) is 9.14. The number of aromatic nitrogens is 1. The van der Waals surface area contributed by atoms with E-state index < -0.39 is 12.4 Å². The maximum Gasteiger partial charge on any atom is 0.388 e. The van der Waals surface area contributed by atoms with Gasteiger partial charge in [-0.1, -0.05) is 0 Å². The van der Waals surface area contributed by atoms with Crippen molar-refractivity contribution in [1.29, 1.82) is 0 Å². The highest BCUT2D eigenvalue weighted by atomic mass is 19.3. The zero-order valence-corrected chi connectivity index (χ0v) is 6.22. The molecule has 0 unspecified atom stereocenters. The molecule has 0 N–H and O–H groups in total. The first-order chi connectivity index (χ1) is 5.59. The van der Waals surface area contributed by atoms with Crippen molar-refractivity contribution in [3.63, 3.8) is 0 Å². The molecule has 0 aromatic carbocycles. The fourth-order valence-corrected chi connectivity index (χ4v) is 0.736. The minimum atomic E-state index is -2.93. The second-order valence-corrected chi connectivity index (χ2v) is 2.15. The molecule has 1 rings (SSSR count). The van der Waals surface area contributed by atoms with Crippen molar-refractivity contribution in [2.45, 2.75) is 13.5 Å². The predicted octanol–water partition coefficient (Wildman–Crippen LogP) is 2.13. The van der Waals surface area contributed by atoms with Crippen LogP contribution in [-0.4, -0.2) is 11.6 Å². The van der Waals surface area contributed by atoms with Crippen molar-refractivity contribution in [2.75, 3.05) is 0 Å². The van der Waals surface area contributed by atoms with Gasteiger partial charge in [-0.3, -0.25) is 0 Å². The molecule has 1 aromatic heterocycles. The molecule has 0 aliphatic heterocycles. The number of ether oxygens (including phenoxy) is 1. The SMILES string of the molecule is Cc1cc(F)cnc1OC(F)F. The molecular weight excluding hydrogens is 171 g/mol. The summed E-state index contributed by atoms with van der Waals surface area (Å²) in [5, 5.41) is 0. The van der Waals surface area contributed by atoms with Crippen LogP contribution in [0.1, 0.15) is 5.56 Å². The Labute approximate surface area is 67.0 Å². The van der Waals surface area contributed by atoms with Crippen LogP contribution in [-0.2, 0) is 0 Å². The Bertz CT molecular complexity index is 277. The van der Waals surface area contributed by atoms with Crippen LogP contribution >= 0.6 is 0 Å². The Morgan fingerprint density at radius 3 is 2.67 bits per heavy atom. The molecule has 0 saturated heterocycles. The third-order valence-electron chi connectivity index (χ3n) is 1.20. The molecule has 0 aliphatic rings. The van der Waals surface area contributed by atoms with Crippen molar-refractivity contribution >= 4 is 0 Å². The largest absolute Gasteiger partial charge is 0.417 e. The highest BCUT2D eigenvalue weighted by Gasteiger charge is 2.08. The lowest BCUT2D eigenvalue weighted by molar-refractivity contribution is -0.0534. The van der Waals surface area contributed by atoms with Crippen LogP contribution < -0.4 is 4.74 Å². The summed E-state index contributed by atoms with van der Waals surface area (Å²) in [5.41, 5.74) is 0.246. The smallest absolute Gasteiger partial charge is 0.388 e. The summed E-state index contributed by atoms with van der Waals surface area (Å²) in [7, 11) is 0. The van der Waals surface area contributed by atoms with Gasteiger partial charge < -0.3 is 4.74 Å². The standard InChI is InChI=1S/C7H6F3NO/c1-4-2-5(8)3-11-6(4)12-7(9)10/h2-3,7H,1H3. The van der Waals surface area contributed by atoms with Gasteiger partial charge in [0.05, 0.1) is 6.20 Å². The first kappa shape index (κ1) is 8.83. The van der Waals surface area contributed by atoms with Gasteiger partial charge in [0.15, 0.2) is 0 Å². The second-order valence-electron chi connectivity index (χ2n) is 2.15. The number of alkyl halides is 2. The Morgan fingerprint density at radius 1 is 1.50 bits per heavy atom. The van der Waals surface area contributed by atoms with E-state index in [1.807, 2.05) is 0 Å². The normalized spacial score (nSPS) is 10.4. The minimum absolute atomic E-state index is 0.244. The number of hydrogen-bond acceptors (Lipinski definition) is 2. The fourth-order valence-electron chi connectivity index (χ4n) is 0.736. The van der Waals surface area contributed by atoms with Crippen LogP contribution in [0.3, 0.4) is 0 Å². The second kappa shape index (κ2) is 3.42. The molecule has 0 radical (unpaired) electrons. The third kappa shape index (κ3) is 2.11. The Kier molecular flexibility index (Phi) is 2.52. The van der Waals surface area contributed by atoms with Crippen molar-refractivity contribution in [2.24, 2.45) is 0 Å². The summed E-state index contributed by atoms with van der Waals surface area (Å²) in [6.45, 7) is -1.49. The van der Waals surface area contributed by atoms with Gasteiger partial charge >= 0.3 is 6.61 Å². The van der Waals surface area contributed by atoms with Gasteiger partial charge in [0.25, 0.3) is 0 Å². The lowest BCUT2D eigenvalue weighted by Crippen LogP contribution is -2.05. The summed E-state index contributed by atoms with van der Waals surface area (Å²) >= 11 is 0. The van der Waals surface area contributed by atoms with Crippen LogP contribution in [0.15, 0.2) is 12.3 Å². The highest BCUT2D eigenvalue weighted by molar-refractivity contribution is 5.24. The number of rotatable bonds is 2. The summed E-state index contributed by atoms with van der Waals surface area (Å²) in [6.07, 6.45) is 0.824. The van der Waals surface area contributed by atoms with E-state index in [0.29, 0.717) is 0 Å². The zero-order valence-electron chi connectivity index (χ0n) is 6.22. The van der Waals surface area contributed by atoms with E-state index in [-0.39, 0.29) is 11.4 Å². The molecular formula is C7H6F3NO. The molecule has 0 fully saturated rings. The number of hydrogen-bond donors (Lipinski definition) is 0. The van der Waals surface area contributed by atoms with Crippen LogP contribution in [0, 0.1) is 12.7 Å². The van der Waals surface area contributed by atoms with Gasteiger partial charge in [0.2, 0.25) is 5.88 Å². The number of halogens is 3. The minimum Gasteiger partial charge on any atom is -0.417 e. The molecule has 0 saturated carbocycles. The number of pyridine rings is 1. The maximum absolute atomic E-state index is 12.4. The maximum atomic E-state index is 12.4. The van der Waals surface area contributed by atoms with Crippen LogP contribution in [0.2, 0.25) is 0 Å². The van der Waals surface area contributed by atoms with Gasteiger partial charge in [-0.2, -0.15) is 8.78 Å². The number of aryl methyl sites for hydroxylation is 1. The molecule has 1 aromatic rings. The summed E-state index contributed by atoms with van der Waals surface area (Å²) in [6, 6.07) is 1.07. The van der Waals surface area contributed by atoms with Crippen molar-refractivity contribution in [1.82, 2.24) is 4.98 Å². The van der Waals surface area contributed by atoms with Gasteiger partial charge in [-0.15, -0.1) is 0 Å². The number of nitrogens with zero attached hydrogens (tertiary/aromatic N) is 1. The van der Waals surface area contributed by atoms with Crippen LogP contribution in [0.25, 0.3) is 0 Å². The van der Waals surface area contributed by atoms with Crippen molar-refractivity contribution in [3.05, 3.63) is 23.6 Å². The average molecular weight is 177 g/mol. The van der Waals surface area contributed by atoms with E-state index in [1.165, 1.54) is 6.92 Å². The Morgan fingerprint density at radius 2 is 2.17 bits per heavy atom. The van der Waals surface area contributed by atoms with Gasteiger partial charge in [-0.05, 0) is 13.0 Å². The first-order valence-electron chi connectivity index (χ1n) is 3.16. The lowest BCUT2D eigenvalue weighted by Gasteiger charge is -2.05. The lowest BCUT2D eigenvalue weighted by atomic mass is 10.3. The van der Waals surface area contributed by atoms with E-state index in [2.05, 4.69) is 9.72 Å². The topological polar surface area (TPSA) is 22.1 Å². The van der Waals surface area contributed by atoms with E-state index in [4.69, 9.17) is 0 Å². The van der Waals surface area contributed by atoms with Crippen molar-refractivity contribution in [3.8, 4) is 5.88 Å². The predicted molar refractivity (Wildman–Crippen MR) is 35.6 cm³/mol. The summed E-state index contributed by atoms with van der Waals surface area (Å²) < 4.78 is 39.7. The Balaban J connectivity index is 2.86. The molecule has 2 nitrogen and oxygen atoms in total. The molecule has 0 atom stereocenters. The van der Waals surface area contributed by atoms with Gasteiger partial charge in [-0.25, -0.2) is 9.37 Å². The quantitative estimate of drug-likeness (QED) is 0.690. The Hall–Kier alpha value is -1.26. The molecule has 0 spiro atoms. The summed E-state index contributed by atoms with van der Waals surface area (Å²) in [5.74, 6) is -0.819. The van der Waals surface area contributed by atoms with Gasteiger partial charge in [0, 0.05) is 5.56 Å².